The number of carbonyl (C=O) groups is 2. The number of thioether (sulfide) groups is 1. The minimum absolute atomic E-state index is 0.0486. The maximum Gasteiger partial charge on any atom is 0.418 e. The van der Waals surface area contributed by atoms with Crippen molar-refractivity contribution in [1.82, 2.24) is 25.0 Å². The number of hydrogen-bond donors (Lipinski definition) is 1. The van der Waals surface area contributed by atoms with Crippen LogP contribution in [0.5, 0.6) is 23.3 Å². The molecule has 13 nitrogen and oxygen atoms in total. The van der Waals surface area contributed by atoms with Crippen molar-refractivity contribution in [1.29, 1.82) is 0 Å². The Balaban J connectivity index is 1.49. The van der Waals surface area contributed by atoms with Crippen LogP contribution in [0.3, 0.4) is 0 Å². The van der Waals surface area contributed by atoms with E-state index in [1.807, 2.05) is 0 Å². The molecule has 5 rings (SSSR count). The van der Waals surface area contributed by atoms with Crippen molar-refractivity contribution in [3.8, 4) is 34.5 Å². The number of carbonyl (C=O) groups excluding carboxylic acids is 2. The molecule has 1 N–H and O–H groups in total. The largest absolute Gasteiger partial charge is 0.497 e. The summed E-state index contributed by atoms with van der Waals surface area (Å²) >= 11 is 1.16. The van der Waals surface area contributed by atoms with Gasteiger partial charge in [-0.15, -0.1) is 5.10 Å². The van der Waals surface area contributed by atoms with E-state index in [0.717, 1.165) is 23.9 Å². The molecule has 0 aliphatic heterocycles. The second-order valence-electron chi connectivity index (χ2n) is 12.4. The lowest BCUT2D eigenvalue weighted by Gasteiger charge is -2.20. The van der Waals surface area contributed by atoms with Gasteiger partial charge in [-0.1, -0.05) is 47.3 Å². The first-order valence-electron chi connectivity index (χ1n) is 16.2. The van der Waals surface area contributed by atoms with Crippen LogP contribution in [-0.2, 0) is 35.5 Å². The minimum atomic E-state index is -4.90. The molecule has 54 heavy (non-hydrogen) atoms. The summed E-state index contributed by atoms with van der Waals surface area (Å²) in [6.07, 6.45) is -1.77. The highest BCUT2D eigenvalue weighted by Gasteiger charge is 2.36. The number of amides is 1. The number of alkyl halides is 3. The Morgan fingerprint density at radius 2 is 1.39 bits per heavy atom. The van der Waals surface area contributed by atoms with Crippen LogP contribution in [0.25, 0.3) is 11.3 Å². The third-order valence-electron chi connectivity index (χ3n) is 8.00. The molecule has 0 aliphatic rings. The number of nitrogens with one attached hydrogen (secondary N) is 1. The fourth-order valence-corrected chi connectivity index (χ4v) is 5.48. The molecule has 284 valence electrons. The van der Waals surface area contributed by atoms with E-state index in [-0.39, 0.29) is 53.5 Å². The molecule has 0 spiro atoms. The predicted molar refractivity (Wildman–Crippen MR) is 193 cm³/mol. The Hall–Kier alpha value is -5.84. The number of aromatic nitrogens is 5. The Kier molecular flexibility index (Phi) is 12.3. The van der Waals surface area contributed by atoms with Gasteiger partial charge in [0.2, 0.25) is 11.8 Å². The summed E-state index contributed by atoms with van der Waals surface area (Å²) in [5.41, 5.74) is -1.40. The number of anilines is 1. The average molecular weight is 767 g/mol. The summed E-state index contributed by atoms with van der Waals surface area (Å²) in [5.74, 6) is -0.660. The molecule has 2 heterocycles. The fourth-order valence-electron chi connectivity index (χ4n) is 5.13. The first-order valence-corrected chi connectivity index (χ1v) is 17.5. The lowest BCUT2D eigenvalue weighted by molar-refractivity contribution is -0.151. The molecule has 5 aromatic rings. The molecule has 2 aromatic heterocycles. The number of rotatable bonds is 15. The molecule has 0 aliphatic carbocycles. The molecular weight excluding hydrogens is 730 g/mol. The summed E-state index contributed by atoms with van der Waals surface area (Å²) in [7, 11) is 4.33. The number of nitrogens with zero attached hydrogens (tertiary/aromatic N) is 5. The van der Waals surface area contributed by atoms with Gasteiger partial charge in [-0.2, -0.15) is 23.1 Å². The van der Waals surface area contributed by atoms with Crippen LogP contribution in [0.2, 0.25) is 0 Å². The zero-order chi connectivity index (χ0) is 39.0. The Morgan fingerprint density at radius 3 is 1.87 bits per heavy atom. The Labute approximate surface area is 313 Å². The number of halogens is 3. The van der Waals surface area contributed by atoms with Crippen LogP contribution in [0.4, 0.5) is 18.9 Å². The molecular formula is C37H37F3N6O7S. The highest BCUT2D eigenvalue weighted by atomic mass is 32.2. The van der Waals surface area contributed by atoms with Gasteiger partial charge in [0.05, 0.1) is 50.7 Å². The van der Waals surface area contributed by atoms with Gasteiger partial charge >= 0.3 is 12.1 Å². The van der Waals surface area contributed by atoms with Crippen LogP contribution in [0.15, 0.2) is 78.1 Å². The van der Waals surface area contributed by atoms with E-state index in [0.29, 0.717) is 22.6 Å². The number of esters is 1. The van der Waals surface area contributed by atoms with Gasteiger partial charge in [0.1, 0.15) is 30.4 Å². The second kappa shape index (κ2) is 16.9. The smallest absolute Gasteiger partial charge is 0.418 e. The number of benzene rings is 3. The molecule has 0 unspecified atom stereocenters. The van der Waals surface area contributed by atoms with Gasteiger partial charge in [0.15, 0.2) is 10.7 Å². The highest BCUT2D eigenvalue weighted by molar-refractivity contribution is 7.98. The van der Waals surface area contributed by atoms with E-state index in [9.17, 15) is 22.8 Å². The van der Waals surface area contributed by atoms with E-state index < -0.39 is 34.7 Å². The minimum Gasteiger partial charge on any atom is -0.497 e. The van der Waals surface area contributed by atoms with E-state index in [2.05, 4.69) is 25.6 Å². The second-order valence-corrected chi connectivity index (χ2v) is 13.1. The standard InChI is InChI=1S/C37H37F3N6O7S/c1-36(2,34(48)51-5)21-46-18-29(44-45-46)24-11-16-28(27(17-24)37(38,39)40)41-31(47)30-32(52-19-22-7-12-25(49-3)13-8-22)42-35(54-6)43-33(30)53-20-23-9-14-26(50-4)15-10-23/h7-18H,19-21H2,1-6H3,(H,41,47). The summed E-state index contributed by atoms with van der Waals surface area (Å²) < 4.78 is 72.4. The Bertz CT molecular complexity index is 2020. The maximum absolute atomic E-state index is 14.6. The van der Waals surface area contributed by atoms with E-state index in [4.69, 9.17) is 23.7 Å². The van der Waals surface area contributed by atoms with Crippen molar-refractivity contribution in [3.05, 3.63) is 95.2 Å². The Morgan fingerprint density at radius 1 is 0.833 bits per heavy atom. The number of hydrogen-bond acceptors (Lipinski definition) is 12. The third-order valence-corrected chi connectivity index (χ3v) is 8.55. The third kappa shape index (κ3) is 9.57. The van der Waals surface area contributed by atoms with Crippen molar-refractivity contribution in [2.24, 2.45) is 5.41 Å². The maximum atomic E-state index is 14.6. The van der Waals surface area contributed by atoms with Gasteiger partial charge in [0, 0.05) is 5.56 Å². The summed E-state index contributed by atoms with van der Waals surface area (Å²) in [6, 6.07) is 17.3. The zero-order valence-electron chi connectivity index (χ0n) is 30.2. The SMILES string of the molecule is COC(=O)C(C)(C)Cn1cc(-c2ccc(NC(=O)c3c(OCc4ccc(OC)cc4)nc(SC)nc3OCc3ccc(OC)cc3)c(C(F)(F)F)c2)nn1. The molecule has 3 aromatic carbocycles. The molecule has 0 saturated carbocycles. The molecule has 0 radical (unpaired) electrons. The van der Waals surface area contributed by atoms with E-state index in [1.165, 1.54) is 38.3 Å². The fraction of sp³-hybridized carbons (Fsp3) is 0.297. The quantitative estimate of drug-likeness (QED) is 0.0658. The monoisotopic (exact) mass is 766 g/mol. The highest BCUT2D eigenvalue weighted by Crippen LogP contribution is 2.39. The predicted octanol–water partition coefficient (Wildman–Crippen LogP) is 7.10. The van der Waals surface area contributed by atoms with E-state index in [1.54, 1.807) is 68.6 Å². The van der Waals surface area contributed by atoms with Crippen LogP contribution in [0, 0.1) is 5.41 Å². The van der Waals surface area contributed by atoms with Crippen molar-refractivity contribution in [2.75, 3.05) is 32.9 Å². The normalized spacial score (nSPS) is 11.5. The van der Waals surface area contributed by atoms with Crippen LogP contribution < -0.4 is 24.3 Å². The van der Waals surface area contributed by atoms with Crippen LogP contribution in [-0.4, -0.2) is 64.4 Å². The molecule has 17 heteroatoms. The topological polar surface area (TPSA) is 149 Å². The number of methoxy groups -OCH3 is 3. The molecule has 0 bridgehead atoms. The lowest BCUT2D eigenvalue weighted by Crippen LogP contribution is -2.30. The molecule has 0 saturated heterocycles. The summed E-state index contributed by atoms with van der Waals surface area (Å²) in [6.45, 7) is 3.25. The number of ether oxygens (including phenoxy) is 5. The van der Waals surface area contributed by atoms with Crippen molar-refractivity contribution in [2.45, 2.75) is 44.9 Å². The zero-order valence-corrected chi connectivity index (χ0v) is 31.0. The summed E-state index contributed by atoms with van der Waals surface area (Å²) in [4.78, 5) is 35.0. The van der Waals surface area contributed by atoms with Crippen LogP contribution >= 0.6 is 11.8 Å². The molecule has 0 atom stereocenters. The van der Waals surface area contributed by atoms with E-state index >= 15 is 0 Å². The van der Waals surface area contributed by atoms with Crippen molar-refractivity contribution >= 4 is 29.3 Å². The van der Waals surface area contributed by atoms with Gasteiger partial charge in [-0.3, -0.25) is 14.3 Å². The van der Waals surface area contributed by atoms with Crippen LogP contribution in [0.1, 0.15) is 40.9 Å². The summed E-state index contributed by atoms with van der Waals surface area (Å²) in [5, 5.41) is 10.6. The first kappa shape index (κ1) is 39.4. The first-order chi connectivity index (χ1) is 25.7. The molecule has 0 fully saturated rings. The van der Waals surface area contributed by atoms with Gasteiger partial charge in [-0.25, -0.2) is 0 Å². The van der Waals surface area contributed by atoms with Gasteiger partial charge in [0.25, 0.3) is 5.91 Å². The van der Waals surface area contributed by atoms with Gasteiger partial charge < -0.3 is 29.0 Å². The van der Waals surface area contributed by atoms with Crippen molar-refractivity contribution in [3.63, 3.8) is 0 Å². The molecule has 1 amide bonds. The lowest BCUT2D eigenvalue weighted by atomic mass is 9.94. The van der Waals surface area contributed by atoms with Crippen molar-refractivity contribution < 1.29 is 46.4 Å². The average Bonchev–Trinajstić information content (AvgIpc) is 3.63. The van der Waals surface area contributed by atoms with Gasteiger partial charge in [-0.05, 0) is 67.6 Å².